The number of aliphatic hydroxyl groups excluding tert-OH is 1. The topological polar surface area (TPSA) is 119 Å². The van der Waals surface area contributed by atoms with E-state index in [1.54, 1.807) is 38.6 Å². The molecule has 0 amide bonds. The molecule has 3 aromatic heterocycles. The normalized spacial score (nSPS) is 13.5. The summed E-state index contributed by atoms with van der Waals surface area (Å²) in [5, 5.41) is 17.6. The Bertz CT molecular complexity index is 1490. The summed E-state index contributed by atoms with van der Waals surface area (Å²) >= 11 is 6.68. The molecule has 1 aliphatic heterocycles. The number of benzene rings is 1. The van der Waals surface area contributed by atoms with Crippen LogP contribution in [0.15, 0.2) is 35.0 Å². The maximum atomic E-state index is 10.1. The number of ether oxygens (including phenoxy) is 2. The lowest BCUT2D eigenvalue weighted by molar-refractivity contribution is 0.108. The molecule has 0 aliphatic carbocycles. The summed E-state index contributed by atoms with van der Waals surface area (Å²) in [6.45, 7) is 7.54. The Morgan fingerprint density at radius 3 is 2.69 bits per heavy atom. The van der Waals surface area contributed by atoms with Gasteiger partial charge in [0.15, 0.2) is 5.82 Å². The number of halogens is 1. The first-order valence-electron chi connectivity index (χ1n) is 12.6. The number of fused-ring (bicyclic) bond motifs is 1. The van der Waals surface area contributed by atoms with E-state index in [4.69, 9.17) is 35.6 Å². The maximum Gasteiger partial charge on any atom is 0.163 e. The Hall–Kier alpha value is -3.73. The number of methoxy groups -OCH3 is 1. The van der Waals surface area contributed by atoms with Crippen LogP contribution in [0.3, 0.4) is 0 Å². The van der Waals surface area contributed by atoms with Gasteiger partial charge in [0.05, 0.1) is 47.5 Å². The molecule has 0 saturated carbocycles. The number of anilines is 1. The van der Waals surface area contributed by atoms with Crippen molar-refractivity contribution in [2.24, 2.45) is 0 Å². The summed E-state index contributed by atoms with van der Waals surface area (Å²) in [5.41, 5.74) is 5.86. The van der Waals surface area contributed by atoms with E-state index in [9.17, 15) is 5.11 Å². The molecule has 0 saturated heterocycles. The van der Waals surface area contributed by atoms with E-state index < -0.39 is 6.10 Å². The van der Waals surface area contributed by atoms with Crippen molar-refractivity contribution in [1.29, 1.82) is 0 Å². The van der Waals surface area contributed by atoms with Crippen molar-refractivity contribution in [3.63, 3.8) is 0 Å². The fraction of sp³-hybridized carbons (Fsp3) is 0.357. The maximum absolute atomic E-state index is 10.1. The quantitative estimate of drug-likeness (QED) is 0.313. The third-order valence-electron chi connectivity index (χ3n) is 6.72. The van der Waals surface area contributed by atoms with Crippen LogP contribution in [-0.4, -0.2) is 58.6 Å². The second kappa shape index (κ2) is 11.2. The van der Waals surface area contributed by atoms with Crippen molar-refractivity contribution in [1.82, 2.24) is 25.4 Å². The standard InChI is InChI=1S/C28H31ClN6O4/c1-15-26(25-16(2)34-39-17(25)3)32-27(22-9-20(6-7-23(22)29)38-14-19(36)10-30-4)33-28(15)35-12-18-8-21(37-5)11-31-24(18)13-35/h6-9,11,19,30,36H,10,12-14H2,1-5H3/t19-/m1/s1. The molecule has 4 aromatic rings. The van der Waals surface area contributed by atoms with Gasteiger partial charge in [-0.2, -0.15) is 0 Å². The first kappa shape index (κ1) is 26.9. The summed E-state index contributed by atoms with van der Waals surface area (Å²) in [7, 11) is 3.41. The van der Waals surface area contributed by atoms with Crippen LogP contribution in [-0.2, 0) is 13.1 Å². The van der Waals surface area contributed by atoms with Gasteiger partial charge in [-0.25, -0.2) is 9.97 Å². The fourth-order valence-corrected chi connectivity index (χ4v) is 4.95. The average Bonchev–Trinajstić information content (AvgIpc) is 3.50. The van der Waals surface area contributed by atoms with Crippen molar-refractivity contribution in [3.05, 3.63) is 63.8 Å². The average molecular weight is 551 g/mol. The first-order valence-corrected chi connectivity index (χ1v) is 13.0. The number of aromatic nitrogens is 4. The molecule has 0 radical (unpaired) electrons. The minimum atomic E-state index is -0.647. The van der Waals surface area contributed by atoms with Crippen LogP contribution >= 0.6 is 11.6 Å². The zero-order valence-corrected chi connectivity index (χ0v) is 23.3. The van der Waals surface area contributed by atoms with Gasteiger partial charge in [-0.1, -0.05) is 16.8 Å². The van der Waals surface area contributed by atoms with Crippen LogP contribution in [0.5, 0.6) is 11.5 Å². The van der Waals surface area contributed by atoms with Crippen molar-refractivity contribution < 1.29 is 19.1 Å². The fourth-order valence-electron chi connectivity index (χ4n) is 4.75. The molecule has 1 aromatic carbocycles. The number of hydrogen-bond acceptors (Lipinski definition) is 10. The highest BCUT2D eigenvalue weighted by Crippen LogP contribution is 2.39. The van der Waals surface area contributed by atoms with Crippen LogP contribution in [0.1, 0.15) is 28.3 Å². The molecule has 0 unspecified atom stereocenters. The van der Waals surface area contributed by atoms with Gasteiger partial charge in [-0.3, -0.25) is 4.98 Å². The largest absolute Gasteiger partial charge is 0.495 e. The second-order valence-corrected chi connectivity index (χ2v) is 9.95. The molecule has 204 valence electrons. The number of aryl methyl sites for hydroxylation is 2. The molecule has 0 fully saturated rings. The molecule has 10 nitrogen and oxygen atoms in total. The highest BCUT2D eigenvalue weighted by molar-refractivity contribution is 6.33. The van der Waals surface area contributed by atoms with Gasteiger partial charge in [0.25, 0.3) is 0 Å². The predicted octanol–water partition coefficient (Wildman–Crippen LogP) is 4.26. The van der Waals surface area contributed by atoms with E-state index in [1.807, 2.05) is 26.8 Å². The lowest BCUT2D eigenvalue weighted by Crippen LogP contribution is -2.29. The molecule has 4 heterocycles. The van der Waals surface area contributed by atoms with E-state index in [0.29, 0.717) is 47.6 Å². The highest BCUT2D eigenvalue weighted by Gasteiger charge is 2.28. The third-order valence-corrected chi connectivity index (χ3v) is 7.05. The van der Waals surface area contributed by atoms with E-state index in [-0.39, 0.29) is 6.61 Å². The Morgan fingerprint density at radius 1 is 1.15 bits per heavy atom. The Kier molecular flexibility index (Phi) is 7.69. The number of nitrogens with zero attached hydrogens (tertiary/aromatic N) is 5. The molecular formula is C28H31ClN6O4. The smallest absolute Gasteiger partial charge is 0.163 e. The predicted molar refractivity (Wildman–Crippen MR) is 148 cm³/mol. The van der Waals surface area contributed by atoms with Crippen molar-refractivity contribution in [2.75, 3.05) is 32.2 Å². The molecule has 39 heavy (non-hydrogen) atoms. The summed E-state index contributed by atoms with van der Waals surface area (Å²) in [6.07, 6.45) is 1.08. The number of likely N-dealkylation sites (N-methyl/N-ethyl adjacent to an activating group) is 1. The van der Waals surface area contributed by atoms with Crippen LogP contribution in [0, 0.1) is 20.8 Å². The molecule has 0 spiro atoms. The third kappa shape index (κ3) is 5.40. The number of hydrogen-bond donors (Lipinski definition) is 2. The van der Waals surface area contributed by atoms with Crippen molar-refractivity contribution >= 4 is 17.4 Å². The van der Waals surface area contributed by atoms with Gasteiger partial charge in [0.2, 0.25) is 0 Å². The van der Waals surface area contributed by atoms with Crippen molar-refractivity contribution in [2.45, 2.75) is 40.0 Å². The van der Waals surface area contributed by atoms with Gasteiger partial charge in [0.1, 0.15) is 35.8 Å². The molecular weight excluding hydrogens is 520 g/mol. The van der Waals surface area contributed by atoms with Crippen LogP contribution in [0.25, 0.3) is 22.6 Å². The number of nitrogens with one attached hydrogen (secondary N) is 1. The molecule has 0 bridgehead atoms. The molecule has 5 rings (SSSR count). The van der Waals surface area contributed by atoms with E-state index >= 15 is 0 Å². The minimum absolute atomic E-state index is 0.134. The monoisotopic (exact) mass is 550 g/mol. The molecule has 1 atom stereocenters. The van der Waals surface area contributed by atoms with Crippen molar-refractivity contribution in [3.8, 4) is 34.1 Å². The Balaban J connectivity index is 1.59. The van der Waals surface area contributed by atoms with Gasteiger partial charge < -0.3 is 29.3 Å². The van der Waals surface area contributed by atoms with Crippen LogP contribution < -0.4 is 19.7 Å². The SMILES string of the molecule is CNC[C@@H](O)COc1ccc(Cl)c(-c2nc(-c3c(C)noc3C)c(C)c(N3Cc4cc(OC)cnc4C3)n2)c1. The van der Waals surface area contributed by atoms with Crippen LogP contribution in [0.4, 0.5) is 5.82 Å². The summed E-state index contributed by atoms with van der Waals surface area (Å²) in [6, 6.07) is 7.32. The second-order valence-electron chi connectivity index (χ2n) is 9.54. The summed E-state index contributed by atoms with van der Waals surface area (Å²) in [5.74, 6) is 3.15. The number of aliphatic hydroxyl groups is 1. The molecule has 11 heteroatoms. The van der Waals surface area contributed by atoms with Gasteiger partial charge in [0, 0.05) is 24.2 Å². The lowest BCUT2D eigenvalue weighted by Gasteiger charge is -2.22. The Labute approximate surface area is 232 Å². The molecule has 1 aliphatic rings. The number of pyridine rings is 1. The van der Waals surface area contributed by atoms with Crippen LogP contribution in [0.2, 0.25) is 5.02 Å². The zero-order chi connectivity index (χ0) is 27.7. The Morgan fingerprint density at radius 2 is 1.97 bits per heavy atom. The lowest BCUT2D eigenvalue weighted by atomic mass is 10.0. The van der Waals surface area contributed by atoms with E-state index in [0.717, 1.165) is 45.3 Å². The zero-order valence-electron chi connectivity index (χ0n) is 22.6. The van der Waals surface area contributed by atoms with E-state index in [2.05, 4.69) is 20.4 Å². The van der Waals surface area contributed by atoms with E-state index in [1.165, 1.54) is 0 Å². The summed E-state index contributed by atoms with van der Waals surface area (Å²) < 4.78 is 16.7. The first-order chi connectivity index (χ1) is 18.8. The van der Waals surface area contributed by atoms with Gasteiger partial charge in [-0.05, 0) is 57.6 Å². The minimum Gasteiger partial charge on any atom is -0.495 e. The van der Waals surface area contributed by atoms with Gasteiger partial charge in [-0.15, -0.1) is 0 Å². The highest BCUT2D eigenvalue weighted by atomic mass is 35.5. The number of rotatable bonds is 9. The summed E-state index contributed by atoms with van der Waals surface area (Å²) in [4.78, 5) is 16.7. The molecule has 2 N–H and O–H groups in total. The van der Waals surface area contributed by atoms with Gasteiger partial charge >= 0.3 is 0 Å².